The lowest BCUT2D eigenvalue weighted by Crippen LogP contribution is -2.66. The third-order valence-electron chi connectivity index (χ3n) is 9.30. The Kier molecular flexibility index (Phi) is 8.99. The maximum Gasteiger partial charge on any atom is 0.277 e. The molecule has 0 radical (unpaired) electrons. The zero-order valence-electron chi connectivity index (χ0n) is 28.0. The number of carbonyl (C=O) groups excluding carboxylic acids is 2. The van der Waals surface area contributed by atoms with E-state index in [2.05, 4.69) is 50.2 Å². The van der Waals surface area contributed by atoms with Crippen molar-refractivity contribution in [2.24, 2.45) is 0 Å². The number of nitrogens with zero attached hydrogens (tertiary/aromatic N) is 4. The first-order valence-corrected chi connectivity index (χ1v) is 18.1. The van der Waals surface area contributed by atoms with Crippen molar-refractivity contribution >= 4 is 47.2 Å². The van der Waals surface area contributed by atoms with Gasteiger partial charge in [0.1, 0.15) is 6.54 Å². The number of amides is 2. The minimum absolute atomic E-state index is 0.0155. The van der Waals surface area contributed by atoms with Gasteiger partial charge >= 0.3 is 0 Å². The number of rotatable bonds is 7. The van der Waals surface area contributed by atoms with E-state index in [1.54, 1.807) is 18.0 Å². The molecule has 2 unspecified atom stereocenters. The molecule has 2 amide bonds. The van der Waals surface area contributed by atoms with Crippen molar-refractivity contribution in [3.8, 4) is 0 Å². The average Bonchev–Trinajstić information content (AvgIpc) is 3.46. The van der Waals surface area contributed by atoms with E-state index in [9.17, 15) is 9.59 Å². The van der Waals surface area contributed by atoms with E-state index in [1.807, 2.05) is 55.1 Å². The number of fused-ring (bicyclic) bond motifs is 1. The van der Waals surface area contributed by atoms with Crippen LogP contribution in [0.4, 0.5) is 10.1 Å². The maximum absolute atomic E-state index is 16.9. The predicted octanol–water partition coefficient (Wildman–Crippen LogP) is 4.57. The molecular formula is C36H43FN4O5Si. The first-order valence-electron chi connectivity index (χ1n) is 16.2. The van der Waals surface area contributed by atoms with E-state index in [0.29, 0.717) is 37.4 Å². The Morgan fingerprint density at radius 3 is 2.15 bits per heavy atom. The minimum atomic E-state index is -3.00. The summed E-state index contributed by atoms with van der Waals surface area (Å²) in [4.78, 5) is 31.1. The molecule has 248 valence electrons. The third kappa shape index (κ3) is 6.07. The van der Waals surface area contributed by atoms with Gasteiger partial charge in [0, 0.05) is 38.8 Å². The summed E-state index contributed by atoms with van der Waals surface area (Å²) in [5.74, 6) is -1.23. The topological polar surface area (TPSA) is 88.4 Å². The lowest BCUT2D eigenvalue weighted by Gasteiger charge is -2.43. The fourth-order valence-corrected chi connectivity index (χ4v) is 11.6. The Hall–Kier alpha value is -4.06. The molecule has 0 aliphatic carbocycles. The van der Waals surface area contributed by atoms with Gasteiger partial charge in [-0.15, -0.1) is 0 Å². The molecule has 1 aromatic heterocycles. The van der Waals surface area contributed by atoms with Crippen molar-refractivity contribution in [2.45, 2.75) is 58.5 Å². The number of ether oxygens (including phenoxy) is 1. The van der Waals surface area contributed by atoms with Gasteiger partial charge in [-0.2, -0.15) is 0 Å². The van der Waals surface area contributed by atoms with Crippen LogP contribution in [0.5, 0.6) is 0 Å². The van der Waals surface area contributed by atoms with E-state index in [0.717, 1.165) is 10.4 Å². The van der Waals surface area contributed by atoms with E-state index in [4.69, 9.17) is 13.7 Å². The summed E-state index contributed by atoms with van der Waals surface area (Å²) in [5.41, 5.74) is 0.848. The smallest absolute Gasteiger partial charge is 0.277 e. The molecule has 4 aromatic rings. The van der Waals surface area contributed by atoms with Gasteiger partial charge in [-0.3, -0.25) is 9.59 Å². The number of likely N-dealkylation sites (N-methyl/N-ethyl adjacent to an activating group) is 1. The predicted molar refractivity (Wildman–Crippen MR) is 182 cm³/mol. The standard InChI is InChI=1S/C36H43FN4O5Si/c1-24-20-41(21-25(2)45-24)33-26(19-29-32(38-46-34(29)31(33)37)35(43)40-18-17-39(6)30(42)22-40)23-44-47(36(3,4)5,27-13-9-7-10-14-27)28-15-11-8-12-16-28/h7-16,19,24-25H,17-18,20-23H2,1-6H3. The van der Waals surface area contributed by atoms with Crippen LogP contribution in [0.25, 0.3) is 11.0 Å². The Morgan fingerprint density at radius 2 is 1.60 bits per heavy atom. The number of hydrogen-bond donors (Lipinski definition) is 0. The van der Waals surface area contributed by atoms with Gasteiger partial charge in [0.05, 0.1) is 29.9 Å². The van der Waals surface area contributed by atoms with Gasteiger partial charge in [0.15, 0.2) is 11.5 Å². The molecule has 2 saturated heterocycles. The Balaban J connectivity index is 1.49. The number of carbonyl (C=O) groups is 2. The van der Waals surface area contributed by atoms with Crippen LogP contribution >= 0.6 is 0 Å². The molecule has 0 saturated carbocycles. The van der Waals surface area contributed by atoms with E-state index in [-0.39, 0.29) is 53.0 Å². The molecule has 9 nitrogen and oxygen atoms in total. The highest BCUT2D eigenvalue weighted by Crippen LogP contribution is 2.40. The van der Waals surface area contributed by atoms with Crippen molar-refractivity contribution in [2.75, 3.05) is 44.7 Å². The molecular weight excluding hydrogens is 616 g/mol. The van der Waals surface area contributed by atoms with Gasteiger partial charge < -0.3 is 28.4 Å². The molecule has 47 heavy (non-hydrogen) atoms. The summed E-state index contributed by atoms with van der Waals surface area (Å²) in [6, 6.07) is 22.4. The lowest BCUT2D eigenvalue weighted by atomic mass is 10.0. The number of anilines is 1. The van der Waals surface area contributed by atoms with Crippen LogP contribution in [0, 0.1) is 5.82 Å². The van der Waals surface area contributed by atoms with Crippen molar-refractivity contribution in [1.29, 1.82) is 0 Å². The summed E-state index contributed by atoms with van der Waals surface area (Å²) in [6.45, 7) is 12.3. The fraction of sp³-hybridized carbons (Fsp3) is 0.417. The zero-order valence-corrected chi connectivity index (χ0v) is 29.0. The van der Waals surface area contributed by atoms with E-state index >= 15 is 4.39 Å². The summed E-state index contributed by atoms with van der Waals surface area (Å²) >= 11 is 0. The van der Waals surface area contributed by atoms with E-state index in [1.165, 1.54) is 4.90 Å². The van der Waals surface area contributed by atoms with Crippen molar-refractivity contribution in [3.05, 3.63) is 83.8 Å². The molecule has 3 aromatic carbocycles. The Labute approximate surface area is 276 Å². The second-order valence-electron chi connectivity index (χ2n) is 13.8. The van der Waals surface area contributed by atoms with Crippen LogP contribution in [0.1, 0.15) is 50.7 Å². The summed E-state index contributed by atoms with van der Waals surface area (Å²) in [5, 5.41) is 6.25. The van der Waals surface area contributed by atoms with Gasteiger partial charge in [0.2, 0.25) is 11.5 Å². The van der Waals surface area contributed by atoms with Gasteiger partial charge in [-0.25, -0.2) is 4.39 Å². The molecule has 6 rings (SSSR count). The minimum Gasteiger partial charge on any atom is -0.403 e. The largest absolute Gasteiger partial charge is 0.403 e. The third-order valence-corrected chi connectivity index (χ3v) is 14.3. The second-order valence-corrected chi connectivity index (χ2v) is 18.1. The summed E-state index contributed by atoms with van der Waals surface area (Å²) < 4.78 is 35.7. The maximum atomic E-state index is 16.9. The molecule has 2 aliphatic heterocycles. The molecule has 2 fully saturated rings. The Bertz CT molecular complexity index is 1710. The number of hydrogen-bond acceptors (Lipinski definition) is 7. The van der Waals surface area contributed by atoms with Crippen LogP contribution in [0.3, 0.4) is 0 Å². The number of morpholine rings is 1. The molecule has 2 atom stereocenters. The summed E-state index contributed by atoms with van der Waals surface area (Å²) in [7, 11) is -1.29. The summed E-state index contributed by atoms with van der Waals surface area (Å²) in [6.07, 6.45) is -0.248. The number of benzene rings is 3. The van der Waals surface area contributed by atoms with Crippen LogP contribution < -0.4 is 15.3 Å². The fourth-order valence-electron chi connectivity index (χ4n) is 7.08. The van der Waals surface area contributed by atoms with Crippen molar-refractivity contribution in [3.63, 3.8) is 0 Å². The number of aromatic nitrogens is 1. The van der Waals surface area contributed by atoms with Crippen LogP contribution in [-0.4, -0.2) is 87.1 Å². The molecule has 0 N–H and O–H groups in total. The van der Waals surface area contributed by atoms with Crippen LogP contribution in [0.2, 0.25) is 5.04 Å². The monoisotopic (exact) mass is 658 g/mol. The first kappa shape index (κ1) is 32.9. The van der Waals surface area contributed by atoms with Crippen molar-refractivity contribution < 1.29 is 27.7 Å². The first-order chi connectivity index (χ1) is 22.4. The zero-order chi connectivity index (χ0) is 33.5. The quantitative estimate of drug-likeness (QED) is 0.269. The average molecular weight is 659 g/mol. The number of halogens is 1. The van der Waals surface area contributed by atoms with Gasteiger partial charge in [-0.05, 0) is 35.3 Å². The highest BCUT2D eigenvalue weighted by Gasteiger charge is 2.50. The molecule has 11 heteroatoms. The highest BCUT2D eigenvalue weighted by atomic mass is 28.4. The molecule has 0 bridgehead atoms. The molecule has 3 heterocycles. The van der Waals surface area contributed by atoms with Crippen LogP contribution in [0.15, 0.2) is 71.3 Å². The second kappa shape index (κ2) is 12.9. The van der Waals surface area contributed by atoms with Gasteiger partial charge in [-0.1, -0.05) is 86.6 Å². The lowest BCUT2D eigenvalue weighted by molar-refractivity contribution is -0.133. The van der Waals surface area contributed by atoms with Crippen LogP contribution in [-0.2, 0) is 20.6 Å². The highest BCUT2D eigenvalue weighted by molar-refractivity contribution is 6.99. The van der Waals surface area contributed by atoms with Crippen molar-refractivity contribution in [1.82, 2.24) is 15.0 Å². The normalized spacial score (nSPS) is 19.5. The molecule has 2 aliphatic rings. The molecule has 0 spiro atoms. The van der Waals surface area contributed by atoms with Gasteiger partial charge in [0.25, 0.3) is 14.2 Å². The Morgan fingerprint density at radius 1 is 1.00 bits per heavy atom. The van der Waals surface area contributed by atoms with E-state index < -0.39 is 20.0 Å². The SMILES string of the molecule is CC1CN(c2c(CO[Si](c3ccccc3)(c3ccccc3)C(C)(C)C)cc3c(C(=O)N4CCN(C)C(=O)C4)noc3c2F)CC(C)O1. The number of piperazine rings is 1.